The van der Waals surface area contributed by atoms with Crippen LogP contribution in [-0.4, -0.2) is 60.2 Å². The predicted octanol–water partition coefficient (Wildman–Crippen LogP) is 3.22. The van der Waals surface area contributed by atoms with Gasteiger partial charge in [-0.15, -0.1) is 0 Å². The van der Waals surface area contributed by atoms with Crippen LogP contribution in [0.1, 0.15) is 29.8 Å². The molecule has 3 aromatic rings. The van der Waals surface area contributed by atoms with Crippen molar-refractivity contribution in [3.05, 3.63) is 47.5 Å². The molecule has 6 heteroatoms. The van der Waals surface area contributed by atoms with Gasteiger partial charge in [0.2, 0.25) is 0 Å². The van der Waals surface area contributed by atoms with Gasteiger partial charge < -0.3 is 15.5 Å². The number of carbonyl (C=O) groups is 1. The molecule has 1 aliphatic carbocycles. The molecule has 0 amide bonds. The SMILES string of the molecule is CCN(CC)CCn1nc2c3c(c(NCCNC)ccc31)C(=O)c1ccccc1-2. The molecule has 29 heavy (non-hydrogen) atoms. The van der Waals surface area contributed by atoms with E-state index in [2.05, 4.69) is 40.1 Å². The summed E-state index contributed by atoms with van der Waals surface area (Å²) in [5.41, 5.74) is 5.26. The number of aromatic nitrogens is 2. The molecule has 0 saturated heterocycles. The lowest BCUT2D eigenvalue weighted by atomic mass is 9.86. The number of likely N-dealkylation sites (N-methyl/N-ethyl adjacent to an activating group) is 2. The van der Waals surface area contributed by atoms with Gasteiger partial charge >= 0.3 is 0 Å². The van der Waals surface area contributed by atoms with Crippen molar-refractivity contribution in [3.63, 3.8) is 0 Å². The first-order chi connectivity index (χ1) is 14.2. The number of rotatable bonds is 9. The van der Waals surface area contributed by atoms with E-state index in [4.69, 9.17) is 5.10 Å². The van der Waals surface area contributed by atoms with Crippen molar-refractivity contribution >= 4 is 22.4 Å². The Labute approximate surface area is 171 Å². The van der Waals surface area contributed by atoms with Gasteiger partial charge in [-0.2, -0.15) is 5.10 Å². The summed E-state index contributed by atoms with van der Waals surface area (Å²) in [6, 6.07) is 11.9. The van der Waals surface area contributed by atoms with E-state index in [1.807, 2.05) is 37.4 Å². The largest absolute Gasteiger partial charge is 0.383 e. The second kappa shape index (κ2) is 8.35. The quantitative estimate of drug-likeness (QED) is 0.429. The first-order valence-electron chi connectivity index (χ1n) is 10.5. The number of fused-ring (bicyclic) bond motifs is 2. The Morgan fingerprint density at radius 1 is 1.03 bits per heavy atom. The molecule has 0 bridgehead atoms. The maximum Gasteiger partial charge on any atom is 0.196 e. The van der Waals surface area contributed by atoms with Gasteiger partial charge in [-0.25, -0.2) is 0 Å². The summed E-state index contributed by atoms with van der Waals surface area (Å²) in [6.45, 7) is 9.74. The molecule has 0 radical (unpaired) electrons. The van der Waals surface area contributed by atoms with E-state index < -0.39 is 0 Å². The summed E-state index contributed by atoms with van der Waals surface area (Å²) < 4.78 is 2.07. The van der Waals surface area contributed by atoms with Gasteiger partial charge in [0.1, 0.15) is 5.69 Å². The third kappa shape index (κ3) is 3.43. The van der Waals surface area contributed by atoms with E-state index >= 15 is 0 Å². The molecule has 0 spiro atoms. The maximum atomic E-state index is 13.4. The highest BCUT2D eigenvalue weighted by molar-refractivity contribution is 6.27. The molecular formula is C23H29N5O. The summed E-state index contributed by atoms with van der Waals surface area (Å²) in [5.74, 6) is 0.0777. The molecule has 2 N–H and O–H groups in total. The summed E-state index contributed by atoms with van der Waals surface area (Å²) in [5, 5.41) is 12.5. The Balaban J connectivity index is 1.84. The smallest absolute Gasteiger partial charge is 0.196 e. The number of hydrogen-bond donors (Lipinski definition) is 2. The fourth-order valence-electron chi connectivity index (χ4n) is 4.13. The number of ketones is 1. The average Bonchev–Trinajstić information content (AvgIpc) is 3.12. The number of nitrogens with one attached hydrogen (secondary N) is 2. The molecular weight excluding hydrogens is 362 g/mol. The van der Waals surface area contributed by atoms with Gasteiger partial charge in [-0.1, -0.05) is 38.1 Å². The van der Waals surface area contributed by atoms with Crippen molar-refractivity contribution in [2.24, 2.45) is 0 Å². The molecule has 1 aliphatic rings. The van der Waals surface area contributed by atoms with Gasteiger partial charge in [0, 0.05) is 41.8 Å². The van der Waals surface area contributed by atoms with Crippen LogP contribution in [0.2, 0.25) is 0 Å². The van der Waals surface area contributed by atoms with E-state index in [9.17, 15) is 4.79 Å². The summed E-state index contributed by atoms with van der Waals surface area (Å²) >= 11 is 0. The van der Waals surface area contributed by atoms with Crippen LogP contribution in [0.3, 0.4) is 0 Å². The Kier molecular flexibility index (Phi) is 5.65. The maximum absolute atomic E-state index is 13.4. The van der Waals surface area contributed by atoms with Gasteiger partial charge in [0.25, 0.3) is 0 Å². The lowest BCUT2D eigenvalue weighted by molar-refractivity contribution is 0.104. The first-order valence-corrected chi connectivity index (χ1v) is 10.5. The third-order valence-corrected chi connectivity index (χ3v) is 5.79. The zero-order valence-corrected chi connectivity index (χ0v) is 17.5. The Morgan fingerprint density at radius 3 is 2.52 bits per heavy atom. The lowest BCUT2D eigenvalue weighted by Gasteiger charge is -2.19. The fraction of sp³-hybridized carbons (Fsp3) is 0.391. The molecule has 4 rings (SSSR count). The normalized spacial score (nSPS) is 12.6. The van der Waals surface area contributed by atoms with Crippen LogP contribution in [0.4, 0.5) is 5.69 Å². The predicted molar refractivity (Wildman–Crippen MR) is 119 cm³/mol. The van der Waals surface area contributed by atoms with Crippen molar-refractivity contribution in [1.29, 1.82) is 0 Å². The molecule has 0 aliphatic heterocycles. The molecule has 0 fully saturated rings. The van der Waals surface area contributed by atoms with Gasteiger partial charge in [0.15, 0.2) is 5.78 Å². The molecule has 1 heterocycles. The highest BCUT2D eigenvalue weighted by Gasteiger charge is 2.30. The zero-order valence-electron chi connectivity index (χ0n) is 17.5. The highest BCUT2D eigenvalue weighted by atomic mass is 16.1. The van der Waals surface area contributed by atoms with Crippen LogP contribution < -0.4 is 10.6 Å². The van der Waals surface area contributed by atoms with Crippen LogP contribution in [0.25, 0.3) is 22.2 Å². The molecule has 2 aromatic carbocycles. The lowest BCUT2D eigenvalue weighted by Crippen LogP contribution is -2.27. The van der Waals surface area contributed by atoms with Crippen LogP contribution in [0, 0.1) is 0 Å². The standard InChI is InChI=1S/C23H29N5O/c1-4-27(5-2)14-15-28-19-11-10-18(25-13-12-24-3)20-21(19)22(26-28)16-8-6-7-9-17(16)23(20)29/h6-11,24-25H,4-5,12-15H2,1-3H3. The minimum absolute atomic E-state index is 0.0777. The number of anilines is 1. The summed E-state index contributed by atoms with van der Waals surface area (Å²) in [4.78, 5) is 15.8. The Morgan fingerprint density at radius 2 is 1.79 bits per heavy atom. The van der Waals surface area contributed by atoms with Crippen LogP contribution in [0.5, 0.6) is 0 Å². The monoisotopic (exact) mass is 391 g/mol. The second-order valence-electron chi connectivity index (χ2n) is 7.39. The Bertz CT molecular complexity index is 1040. The molecule has 152 valence electrons. The van der Waals surface area contributed by atoms with E-state index in [-0.39, 0.29) is 5.78 Å². The first kappa shape index (κ1) is 19.6. The third-order valence-electron chi connectivity index (χ3n) is 5.79. The fourth-order valence-corrected chi connectivity index (χ4v) is 4.13. The highest BCUT2D eigenvalue weighted by Crippen LogP contribution is 2.41. The topological polar surface area (TPSA) is 62.2 Å². The van der Waals surface area contributed by atoms with Gasteiger partial charge in [-0.3, -0.25) is 9.48 Å². The summed E-state index contributed by atoms with van der Waals surface area (Å²) in [6.07, 6.45) is 0. The molecule has 0 saturated carbocycles. The second-order valence-corrected chi connectivity index (χ2v) is 7.39. The number of benzene rings is 2. The minimum Gasteiger partial charge on any atom is -0.383 e. The molecule has 1 aromatic heterocycles. The molecule has 6 nitrogen and oxygen atoms in total. The van der Waals surface area contributed by atoms with Crippen molar-refractivity contribution in [2.75, 3.05) is 45.1 Å². The van der Waals surface area contributed by atoms with Gasteiger partial charge in [-0.05, 0) is 32.3 Å². The zero-order chi connectivity index (χ0) is 20.4. The van der Waals surface area contributed by atoms with E-state index in [0.29, 0.717) is 0 Å². The van der Waals surface area contributed by atoms with Crippen molar-refractivity contribution in [3.8, 4) is 11.3 Å². The molecule has 0 atom stereocenters. The number of nitrogens with zero attached hydrogens (tertiary/aromatic N) is 3. The van der Waals surface area contributed by atoms with Gasteiger partial charge in [0.05, 0.1) is 17.6 Å². The van der Waals surface area contributed by atoms with Crippen LogP contribution in [0.15, 0.2) is 36.4 Å². The molecule has 0 unspecified atom stereocenters. The number of carbonyl (C=O) groups excluding carboxylic acids is 1. The number of hydrogen-bond acceptors (Lipinski definition) is 5. The van der Waals surface area contributed by atoms with Crippen molar-refractivity contribution in [2.45, 2.75) is 20.4 Å². The van der Waals surface area contributed by atoms with Crippen LogP contribution >= 0.6 is 0 Å². The van der Waals surface area contributed by atoms with E-state index in [1.54, 1.807) is 0 Å². The average molecular weight is 392 g/mol. The minimum atomic E-state index is 0.0777. The van der Waals surface area contributed by atoms with Crippen LogP contribution in [-0.2, 0) is 6.54 Å². The Hall–Kier alpha value is -2.70. The van der Waals surface area contributed by atoms with Crippen molar-refractivity contribution < 1.29 is 4.79 Å². The van der Waals surface area contributed by atoms with E-state index in [1.165, 1.54) is 0 Å². The summed E-state index contributed by atoms with van der Waals surface area (Å²) in [7, 11) is 1.92. The van der Waals surface area contributed by atoms with E-state index in [0.717, 1.165) is 78.2 Å². The van der Waals surface area contributed by atoms with Crippen molar-refractivity contribution in [1.82, 2.24) is 20.0 Å².